The molecule has 0 saturated carbocycles. The van der Waals surface area contributed by atoms with Gasteiger partial charge in [0.2, 0.25) is 0 Å². The van der Waals surface area contributed by atoms with E-state index in [1.165, 1.54) is 0 Å². The van der Waals surface area contributed by atoms with Crippen molar-refractivity contribution in [2.75, 3.05) is 26.2 Å². The molecule has 1 aromatic heterocycles. The highest BCUT2D eigenvalue weighted by atomic mass is 16.6. The lowest BCUT2D eigenvalue weighted by Crippen LogP contribution is -2.49. The summed E-state index contributed by atoms with van der Waals surface area (Å²) in [4.78, 5) is 14.0. The van der Waals surface area contributed by atoms with E-state index in [1.807, 2.05) is 49.4 Å². The minimum absolute atomic E-state index is 0.0598. The molecule has 1 saturated heterocycles. The fraction of sp³-hybridized carbons (Fsp3) is 0.421. The van der Waals surface area contributed by atoms with Crippen molar-refractivity contribution < 1.29 is 18.7 Å². The second kappa shape index (κ2) is 8.69. The van der Waals surface area contributed by atoms with Gasteiger partial charge >= 0.3 is 6.09 Å². The van der Waals surface area contributed by atoms with Crippen LogP contribution in [0.25, 0.3) is 0 Å². The molecule has 134 valence electrons. The van der Waals surface area contributed by atoms with Gasteiger partial charge in [-0.2, -0.15) is 0 Å². The highest BCUT2D eigenvalue weighted by molar-refractivity contribution is 5.67. The molecule has 25 heavy (non-hydrogen) atoms. The topological polar surface area (TPSA) is 63.9 Å². The molecule has 1 aliphatic heterocycles. The Kier molecular flexibility index (Phi) is 6.09. The number of nitrogens with one attached hydrogen (secondary N) is 1. The van der Waals surface area contributed by atoms with Crippen LogP contribution in [0.2, 0.25) is 0 Å². The maximum Gasteiger partial charge on any atom is 0.410 e. The maximum absolute atomic E-state index is 12.3. The Bertz CT molecular complexity index is 645. The Morgan fingerprint density at radius 3 is 2.92 bits per heavy atom. The number of rotatable bonds is 6. The summed E-state index contributed by atoms with van der Waals surface area (Å²) in [5.74, 6) is 0.884. The molecular formula is C19H24N2O4. The summed E-state index contributed by atoms with van der Waals surface area (Å²) in [6, 6.07) is 13.6. The molecule has 0 aliphatic carbocycles. The molecule has 2 heterocycles. The Balaban J connectivity index is 1.43. The summed E-state index contributed by atoms with van der Waals surface area (Å²) in [6.45, 7) is 4.55. The summed E-state index contributed by atoms with van der Waals surface area (Å²) in [6.07, 6.45) is 1.31. The first-order valence-electron chi connectivity index (χ1n) is 8.56. The second-order valence-corrected chi connectivity index (χ2v) is 6.12. The lowest BCUT2D eigenvalue weighted by Gasteiger charge is -2.32. The number of nitrogens with zero attached hydrogens (tertiary/aromatic N) is 1. The monoisotopic (exact) mass is 344 g/mol. The number of carbonyl (C=O) groups is 1. The van der Waals surface area contributed by atoms with E-state index >= 15 is 0 Å². The smallest absolute Gasteiger partial charge is 0.410 e. The Labute approximate surface area is 147 Å². The van der Waals surface area contributed by atoms with Crippen LogP contribution < -0.4 is 5.32 Å². The van der Waals surface area contributed by atoms with Gasteiger partial charge in [0.15, 0.2) is 0 Å². The highest BCUT2D eigenvalue weighted by Gasteiger charge is 2.25. The van der Waals surface area contributed by atoms with Crippen LogP contribution in [0.3, 0.4) is 0 Å². The molecule has 2 unspecified atom stereocenters. The normalized spacial score (nSPS) is 18.8. The third-order valence-electron chi connectivity index (χ3n) is 4.22. The Morgan fingerprint density at radius 2 is 2.16 bits per heavy atom. The zero-order valence-corrected chi connectivity index (χ0v) is 14.4. The molecule has 3 rings (SSSR count). The maximum atomic E-state index is 12.3. The molecule has 1 aromatic carbocycles. The van der Waals surface area contributed by atoms with Gasteiger partial charge in [-0.25, -0.2) is 4.79 Å². The Morgan fingerprint density at radius 1 is 1.32 bits per heavy atom. The standard InChI is InChI=1S/C19H24N2O4/c1-15(18-8-5-10-24-18)20-12-17-13-21(9-11-23-17)19(22)25-14-16-6-3-2-4-7-16/h2-8,10,15,17,20H,9,11-14H2,1H3. The van der Waals surface area contributed by atoms with E-state index in [0.717, 1.165) is 11.3 Å². The van der Waals surface area contributed by atoms with E-state index in [0.29, 0.717) is 26.2 Å². The third kappa shape index (κ3) is 5.08. The van der Waals surface area contributed by atoms with Crippen molar-refractivity contribution in [2.45, 2.75) is 25.7 Å². The average molecular weight is 344 g/mol. The molecule has 0 spiro atoms. The average Bonchev–Trinajstić information content (AvgIpc) is 3.20. The van der Waals surface area contributed by atoms with Gasteiger partial charge < -0.3 is 24.1 Å². The van der Waals surface area contributed by atoms with Crippen LogP contribution in [-0.4, -0.2) is 43.3 Å². The van der Waals surface area contributed by atoms with Crippen LogP contribution in [0.4, 0.5) is 4.79 Å². The van der Waals surface area contributed by atoms with Crippen molar-refractivity contribution in [3.8, 4) is 0 Å². The van der Waals surface area contributed by atoms with Crippen LogP contribution in [0.15, 0.2) is 53.1 Å². The lowest BCUT2D eigenvalue weighted by molar-refractivity contribution is -0.0280. The van der Waals surface area contributed by atoms with E-state index in [1.54, 1.807) is 11.2 Å². The second-order valence-electron chi connectivity index (χ2n) is 6.12. The minimum atomic E-state index is -0.295. The molecule has 0 bridgehead atoms. The van der Waals surface area contributed by atoms with E-state index in [-0.39, 0.29) is 24.8 Å². The zero-order chi connectivity index (χ0) is 17.5. The fourth-order valence-electron chi connectivity index (χ4n) is 2.77. The number of furan rings is 1. The predicted molar refractivity (Wildman–Crippen MR) is 93.1 cm³/mol. The van der Waals surface area contributed by atoms with Gasteiger partial charge in [0.1, 0.15) is 12.4 Å². The van der Waals surface area contributed by atoms with Gasteiger partial charge in [-0.1, -0.05) is 30.3 Å². The Hall–Kier alpha value is -2.31. The van der Waals surface area contributed by atoms with E-state index in [9.17, 15) is 4.79 Å². The summed E-state index contributed by atoms with van der Waals surface area (Å²) in [7, 11) is 0. The van der Waals surface area contributed by atoms with Crippen LogP contribution >= 0.6 is 0 Å². The highest BCUT2D eigenvalue weighted by Crippen LogP contribution is 2.13. The first kappa shape index (κ1) is 17.5. The summed E-state index contributed by atoms with van der Waals surface area (Å²) < 4.78 is 16.5. The molecule has 0 radical (unpaired) electrons. The van der Waals surface area contributed by atoms with Crippen molar-refractivity contribution >= 4 is 6.09 Å². The molecular weight excluding hydrogens is 320 g/mol. The summed E-state index contributed by atoms with van der Waals surface area (Å²) in [5, 5.41) is 3.37. The van der Waals surface area contributed by atoms with E-state index in [4.69, 9.17) is 13.9 Å². The van der Waals surface area contributed by atoms with E-state index < -0.39 is 0 Å². The fourth-order valence-corrected chi connectivity index (χ4v) is 2.77. The summed E-state index contributed by atoms with van der Waals surface area (Å²) >= 11 is 0. The van der Waals surface area contributed by atoms with Crippen LogP contribution in [0.1, 0.15) is 24.3 Å². The molecule has 1 aliphatic rings. The van der Waals surface area contributed by atoms with Crippen LogP contribution in [0.5, 0.6) is 0 Å². The van der Waals surface area contributed by atoms with Crippen LogP contribution in [0, 0.1) is 0 Å². The van der Waals surface area contributed by atoms with Crippen molar-refractivity contribution in [2.24, 2.45) is 0 Å². The molecule has 6 nitrogen and oxygen atoms in total. The van der Waals surface area contributed by atoms with Crippen molar-refractivity contribution in [3.63, 3.8) is 0 Å². The minimum Gasteiger partial charge on any atom is -0.468 e. The first-order chi connectivity index (χ1) is 12.2. The largest absolute Gasteiger partial charge is 0.468 e. The number of benzene rings is 1. The van der Waals surface area contributed by atoms with Crippen LogP contribution in [-0.2, 0) is 16.1 Å². The molecule has 1 fully saturated rings. The first-order valence-corrected chi connectivity index (χ1v) is 8.56. The number of hydrogen-bond donors (Lipinski definition) is 1. The van der Waals surface area contributed by atoms with E-state index in [2.05, 4.69) is 5.32 Å². The van der Waals surface area contributed by atoms with Crippen molar-refractivity contribution in [1.82, 2.24) is 10.2 Å². The van der Waals surface area contributed by atoms with Gasteiger partial charge in [-0.15, -0.1) is 0 Å². The molecule has 2 aromatic rings. The number of amides is 1. The number of morpholine rings is 1. The summed E-state index contributed by atoms with van der Waals surface area (Å²) in [5.41, 5.74) is 0.981. The lowest BCUT2D eigenvalue weighted by atomic mass is 10.2. The van der Waals surface area contributed by atoms with Gasteiger partial charge in [0.05, 0.1) is 31.6 Å². The predicted octanol–water partition coefficient (Wildman–Crippen LogP) is 2.97. The molecule has 1 amide bonds. The number of carbonyl (C=O) groups excluding carboxylic acids is 1. The van der Waals surface area contributed by atoms with Gasteiger partial charge in [-0.3, -0.25) is 0 Å². The number of ether oxygens (including phenoxy) is 2. The molecule has 2 atom stereocenters. The molecule has 6 heteroatoms. The van der Waals surface area contributed by atoms with Gasteiger partial charge in [-0.05, 0) is 24.6 Å². The quantitative estimate of drug-likeness (QED) is 0.873. The number of hydrogen-bond acceptors (Lipinski definition) is 5. The zero-order valence-electron chi connectivity index (χ0n) is 14.4. The third-order valence-corrected chi connectivity index (χ3v) is 4.22. The van der Waals surface area contributed by atoms with Crippen molar-refractivity contribution in [1.29, 1.82) is 0 Å². The SMILES string of the molecule is CC(NCC1CN(C(=O)OCc2ccccc2)CCO1)c1ccco1. The molecule has 1 N–H and O–H groups in total. The van der Waals surface area contributed by atoms with Gasteiger partial charge in [0.25, 0.3) is 0 Å². The van der Waals surface area contributed by atoms with Crippen molar-refractivity contribution in [3.05, 3.63) is 60.1 Å². The van der Waals surface area contributed by atoms with Gasteiger partial charge in [0, 0.05) is 13.1 Å².